The highest BCUT2D eigenvalue weighted by Crippen LogP contribution is 2.43. The van der Waals surface area contributed by atoms with Gasteiger partial charge in [0, 0.05) is 25.6 Å². The van der Waals surface area contributed by atoms with Gasteiger partial charge >= 0.3 is 5.69 Å². The first-order valence-electron chi connectivity index (χ1n) is 10.3. The summed E-state index contributed by atoms with van der Waals surface area (Å²) < 4.78 is 12.9. The van der Waals surface area contributed by atoms with Crippen molar-refractivity contribution in [1.82, 2.24) is 9.66 Å². The molecule has 0 atom stereocenters. The first kappa shape index (κ1) is 25.3. The number of hydrogen-bond donors (Lipinski definition) is 1. The van der Waals surface area contributed by atoms with Crippen LogP contribution >= 0.6 is 50.7 Å². The predicted molar refractivity (Wildman–Crippen MR) is 143 cm³/mol. The molecule has 1 heterocycles. The number of ether oxygens (including phenoxy) is 2. The van der Waals surface area contributed by atoms with Crippen LogP contribution in [0.1, 0.15) is 18.1 Å². The van der Waals surface area contributed by atoms with E-state index in [0.717, 1.165) is 4.68 Å². The van der Waals surface area contributed by atoms with Gasteiger partial charge in [0.2, 0.25) is 0 Å². The fraction of sp³-hybridized carbons (Fsp3) is 0.125. The number of rotatable bonds is 7. The van der Waals surface area contributed by atoms with Gasteiger partial charge in [-0.1, -0.05) is 53.0 Å². The highest BCUT2D eigenvalue weighted by Gasteiger charge is 2.18. The van der Waals surface area contributed by atoms with E-state index in [1.165, 1.54) is 6.21 Å². The van der Waals surface area contributed by atoms with E-state index in [1.807, 2.05) is 6.92 Å². The molecule has 0 radical (unpaired) electrons. The lowest BCUT2D eigenvalue weighted by atomic mass is 10.2. The molecular formula is C24H17BrCl3N3O4. The molecule has 0 fully saturated rings. The van der Waals surface area contributed by atoms with E-state index < -0.39 is 11.2 Å². The number of H-pyrrole nitrogens is 1. The Labute approximate surface area is 223 Å². The molecule has 0 bridgehead atoms. The van der Waals surface area contributed by atoms with Gasteiger partial charge < -0.3 is 14.5 Å². The van der Waals surface area contributed by atoms with Crippen molar-refractivity contribution in [3.63, 3.8) is 0 Å². The normalized spacial score (nSPS) is 11.3. The topological polar surface area (TPSA) is 85.7 Å². The standard InChI is InChI=1S/C24H17BrCl3N3O4/c1-2-34-19-9-14(11-29-31-23(32)16-5-3-4-6-18(16)30-24(31)33)20(25)21(28)22(19)35-12-13-7-8-15(26)10-17(13)27/h3-11H,2,12H2,1H3,(H,30,33). The van der Waals surface area contributed by atoms with Gasteiger partial charge in [0.15, 0.2) is 11.5 Å². The van der Waals surface area contributed by atoms with E-state index >= 15 is 0 Å². The number of para-hydroxylation sites is 1. The van der Waals surface area contributed by atoms with Gasteiger partial charge in [0.05, 0.1) is 23.7 Å². The molecule has 4 rings (SSSR count). The lowest BCUT2D eigenvalue weighted by molar-refractivity contribution is 0.269. The summed E-state index contributed by atoms with van der Waals surface area (Å²) in [5.74, 6) is 0.649. The largest absolute Gasteiger partial charge is 0.490 e. The van der Waals surface area contributed by atoms with E-state index in [4.69, 9.17) is 44.3 Å². The zero-order valence-corrected chi connectivity index (χ0v) is 22.0. The molecule has 3 aromatic carbocycles. The van der Waals surface area contributed by atoms with Crippen molar-refractivity contribution < 1.29 is 9.47 Å². The van der Waals surface area contributed by atoms with Crippen molar-refractivity contribution in [1.29, 1.82) is 0 Å². The van der Waals surface area contributed by atoms with Gasteiger partial charge in [0.1, 0.15) is 11.6 Å². The molecule has 0 amide bonds. The smallest absolute Gasteiger partial charge is 0.349 e. The lowest BCUT2D eigenvalue weighted by Gasteiger charge is -2.16. The zero-order valence-electron chi connectivity index (χ0n) is 18.1. The highest BCUT2D eigenvalue weighted by molar-refractivity contribution is 9.10. The van der Waals surface area contributed by atoms with Crippen LogP contribution in [0, 0.1) is 0 Å². The van der Waals surface area contributed by atoms with Gasteiger partial charge in [0.25, 0.3) is 5.56 Å². The number of benzene rings is 3. The van der Waals surface area contributed by atoms with Crippen LogP contribution in [0.5, 0.6) is 11.5 Å². The summed E-state index contributed by atoms with van der Waals surface area (Å²) in [5.41, 5.74) is 0.393. The zero-order chi connectivity index (χ0) is 25.1. The third kappa shape index (κ3) is 5.41. The number of aromatic amines is 1. The molecule has 4 aromatic rings. The number of aromatic nitrogens is 2. The minimum atomic E-state index is -0.669. The molecule has 0 unspecified atom stereocenters. The first-order valence-corrected chi connectivity index (χ1v) is 12.2. The molecular weight excluding hydrogens is 581 g/mol. The molecule has 1 aromatic heterocycles. The summed E-state index contributed by atoms with van der Waals surface area (Å²) in [6, 6.07) is 13.4. The predicted octanol–water partition coefficient (Wildman–Crippen LogP) is 6.27. The monoisotopic (exact) mass is 595 g/mol. The third-order valence-corrected chi connectivity index (χ3v) is 6.97. The second-order valence-electron chi connectivity index (χ2n) is 7.22. The minimum Gasteiger partial charge on any atom is -0.490 e. The number of fused-ring (bicyclic) bond motifs is 1. The quantitative estimate of drug-likeness (QED) is 0.255. The van der Waals surface area contributed by atoms with E-state index in [9.17, 15) is 9.59 Å². The van der Waals surface area contributed by atoms with E-state index in [2.05, 4.69) is 26.0 Å². The van der Waals surface area contributed by atoms with Crippen LogP contribution in [0.4, 0.5) is 0 Å². The number of hydrogen-bond acceptors (Lipinski definition) is 5. The molecule has 0 aliphatic heterocycles. The van der Waals surface area contributed by atoms with Crippen LogP contribution in [0.2, 0.25) is 15.1 Å². The van der Waals surface area contributed by atoms with E-state index in [-0.39, 0.29) is 11.6 Å². The Morgan fingerprint density at radius 1 is 1.09 bits per heavy atom. The summed E-state index contributed by atoms with van der Waals surface area (Å²) in [4.78, 5) is 27.8. The molecule has 0 spiro atoms. The average molecular weight is 598 g/mol. The Balaban J connectivity index is 1.70. The first-order chi connectivity index (χ1) is 16.8. The van der Waals surface area contributed by atoms with Gasteiger partial charge in [-0.15, -0.1) is 4.68 Å². The maximum absolute atomic E-state index is 12.7. The average Bonchev–Trinajstić information content (AvgIpc) is 2.83. The maximum atomic E-state index is 12.7. The van der Waals surface area contributed by atoms with Crippen LogP contribution in [0.3, 0.4) is 0 Å². The van der Waals surface area contributed by atoms with Crippen molar-refractivity contribution in [3.05, 3.63) is 100 Å². The fourth-order valence-electron chi connectivity index (χ4n) is 3.26. The molecule has 1 N–H and O–H groups in total. The van der Waals surface area contributed by atoms with Crippen molar-refractivity contribution in [2.24, 2.45) is 5.10 Å². The molecule has 11 heteroatoms. The summed E-state index contributed by atoms with van der Waals surface area (Å²) in [6.07, 6.45) is 1.34. The summed E-state index contributed by atoms with van der Waals surface area (Å²) in [5, 5.41) is 5.63. The maximum Gasteiger partial charge on any atom is 0.349 e. The Morgan fingerprint density at radius 3 is 2.60 bits per heavy atom. The Morgan fingerprint density at radius 2 is 1.86 bits per heavy atom. The third-order valence-electron chi connectivity index (χ3n) is 4.94. The SMILES string of the molecule is CCOc1cc(C=Nn2c(=O)[nH]c3ccccc3c2=O)c(Br)c(Cl)c1OCc1ccc(Cl)cc1Cl. The van der Waals surface area contributed by atoms with Crippen LogP contribution in [0.25, 0.3) is 10.9 Å². The van der Waals surface area contributed by atoms with Crippen molar-refractivity contribution in [2.75, 3.05) is 6.61 Å². The van der Waals surface area contributed by atoms with Crippen LogP contribution < -0.4 is 20.7 Å². The second-order valence-corrected chi connectivity index (χ2v) is 9.23. The molecule has 35 heavy (non-hydrogen) atoms. The molecule has 0 aliphatic rings. The van der Waals surface area contributed by atoms with Crippen LogP contribution in [-0.4, -0.2) is 22.5 Å². The Kier molecular flexibility index (Phi) is 7.86. The molecule has 7 nitrogen and oxygen atoms in total. The van der Waals surface area contributed by atoms with Crippen molar-refractivity contribution in [3.8, 4) is 11.5 Å². The number of nitrogens with one attached hydrogen (secondary N) is 1. The van der Waals surface area contributed by atoms with E-state index in [1.54, 1.807) is 48.5 Å². The number of halogens is 4. The summed E-state index contributed by atoms with van der Waals surface area (Å²) in [7, 11) is 0. The lowest BCUT2D eigenvalue weighted by Crippen LogP contribution is -2.32. The minimum absolute atomic E-state index is 0.123. The summed E-state index contributed by atoms with van der Waals surface area (Å²) in [6.45, 7) is 2.28. The van der Waals surface area contributed by atoms with Crippen LogP contribution in [0.15, 0.2) is 67.7 Å². The highest BCUT2D eigenvalue weighted by atomic mass is 79.9. The van der Waals surface area contributed by atoms with E-state index in [0.29, 0.717) is 54.7 Å². The van der Waals surface area contributed by atoms with Crippen molar-refractivity contribution >= 4 is 67.9 Å². The molecule has 0 saturated heterocycles. The molecule has 0 saturated carbocycles. The number of nitrogens with zero attached hydrogens (tertiary/aromatic N) is 2. The van der Waals surface area contributed by atoms with Crippen molar-refractivity contribution in [2.45, 2.75) is 13.5 Å². The van der Waals surface area contributed by atoms with Gasteiger partial charge in [-0.25, -0.2) is 4.79 Å². The molecule has 0 aliphatic carbocycles. The van der Waals surface area contributed by atoms with Gasteiger partial charge in [-0.05, 0) is 53.2 Å². The summed E-state index contributed by atoms with van der Waals surface area (Å²) >= 11 is 22.2. The second kappa shape index (κ2) is 10.9. The Bertz CT molecular complexity index is 1570. The fourth-order valence-corrected chi connectivity index (χ4v) is 4.38. The van der Waals surface area contributed by atoms with Gasteiger partial charge in [-0.2, -0.15) is 5.10 Å². The van der Waals surface area contributed by atoms with Crippen LogP contribution in [-0.2, 0) is 6.61 Å². The Hall–Kier alpha value is -2.78. The molecule has 180 valence electrons. The van der Waals surface area contributed by atoms with Gasteiger partial charge in [-0.3, -0.25) is 4.79 Å².